The first-order valence-electron chi connectivity index (χ1n) is 6.73. The fourth-order valence-corrected chi connectivity index (χ4v) is 2.40. The Bertz CT molecular complexity index is 599. The van der Waals surface area contributed by atoms with Gasteiger partial charge in [0.1, 0.15) is 12.4 Å². The number of fused-ring (bicyclic) bond motifs is 1. The molecule has 0 saturated heterocycles. The van der Waals surface area contributed by atoms with Crippen LogP contribution in [-0.2, 0) is 27.5 Å². The van der Waals surface area contributed by atoms with Crippen LogP contribution < -0.4 is 4.74 Å². The molecule has 21 heavy (non-hydrogen) atoms. The summed E-state index contributed by atoms with van der Waals surface area (Å²) < 4.78 is 15.7. The van der Waals surface area contributed by atoms with E-state index in [2.05, 4.69) is 0 Å². The summed E-state index contributed by atoms with van der Waals surface area (Å²) in [5.41, 5.74) is 1.04. The van der Waals surface area contributed by atoms with Gasteiger partial charge < -0.3 is 14.2 Å². The number of hydrogen-bond donors (Lipinski definition) is 0. The van der Waals surface area contributed by atoms with E-state index in [-0.39, 0.29) is 37.6 Å². The van der Waals surface area contributed by atoms with Crippen molar-refractivity contribution in [2.24, 2.45) is 11.8 Å². The monoisotopic (exact) mass is 293 g/mol. The number of nitrogens with zero attached hydrogens (tertiary/aromatic N) is 1. The fraction of sp³-hybridized carbons (Fsp3) is 0.500. The van der Waals surface area contributed by atoms with Crippen molar-refractivity contribution < 1.29 is 23.9 Å². The molecule has 1 aliphatic heterocycles. The molecule has 0 aromatic heterocycles. The Labute approximate surface area is 120 Å². The Morgan fingerprint density at radius 3 is 2.95 bits per heavy atom. The third kappa shape index (κ3) is 2.82. The van der Waals surface area contributed by atoms with Gasteiger partial charge in [-0.3, -0.25) is 14.9 Å². The van der Waals surface area contributed by atoms with E-state index < -0.39 is 4.92 Å². The molecule has 3 rings (SSSR count). The molecule has 0 spiro atoms. The van der Waals surface area contributed by atoms with Gasteiger partial charge in [-0.05, 0) is 12.3 Å². The number of carbonyl (C=O) groups excluding carboxylic acids is 1. The molecule has 7 heteroatoms. The number of nitro benzene ring substituents is 1. The quantitative estimate of drug-likeness (QED) is 0.480. The number of nitro groups is 1. The Kier molecular flexibility index (Phi) is 3.50. The number of non-ortho nitro benzene ring substituents is 1. The van der Waals surface area contributed by atoms with Gasteiger partial charge in [0.25, 0.3) is 5.69 Å². The van der Waals surface area contributed by atoms with Crippen molar-refractivity contribution >= 4 is 11.7 Å². The van der Waals surface area contributed by atoms with Gasteiger partial charge in [-0.15, -0.1) is 0 Å². The lowest BCUT2D eigenvalue weighted by Crippen LogP contribution is -2.15. The van der Waals surface area contributed by atoms with Gasteiger partial charge in [0.2, 0.25) is 0 Å². The molecule has 0 unspecified atom stereocenters. The zero-order chi connectivity index (χ0) is 15.0. The molecule has 1 aromatic carbocycles. The summed E-state index contributed by atoms with van der Waals surface area (Å²) in [7, 11) is 0. The lowest BCUT2D eigenvalue weighted by atomic mass is 10.1. The average molecular weight is 293 g/mol. The largest absolute Gasteiger partial charge is 0.467 e. The number of carbonyl (C=O) groups is 1. The molecule has 0 N–H and O–H groups in total. The van der Waals surface area contributed by atoms with Crippen LogP contribution in [0.5, 0.6) is 5.75 Å². The normalized spacial score (nSPS) is 22.9. The van der Waals surface area contributed by atoms with Crippen molar-refractivity contribution in [1.29, 1.82) is 0 Å². The third-order valence-corrected chi connectivity index (χ3v) is 3.76. The number of rotatable bonds is 4. The summed E-state index contributed by atoms with van der Waals surface area (Å²) in [6.45, 7) is 2.30. The first-order chi connectivity index (χ1) is 10.1. The maximum Gasteiger partial charge on any atom is 0.309 e. The van der Waals surface area contributed by atoms with Crippen LogP contribution in [0.4, 0.5) is 5.69 Å². The van der Waals surface area contributed by atoms with E-state index in [1.54, 1.807) is 0 Å². The zero-order valence-corrected chi connectivity index (χ0v) is 11.5. The maximum atomic E-state index is 11.8. The van der Waals surface area contributed by atoms with E-state index in [1.807, 2.05) is 6.92 Å². The molecular formula is C14H15NO6. The smallest absolute Gasteiger partial charge is 0.309 e. The molecule has 1 aromatic rings. The summed E-state index contributed by atoms with van der Waals surface area (Å²) >= 11 is 0. The molecule has 2 aliphatic rings. The van der Waals surface area contributed by atoms with Gasteiger partial charge in [0, 0.05) is 23.3 Å². The second-order valence-corrected chi connectivity index (χ2v) is 5.39. The van der Waals surface area contributed by atoms with Crippen LogP contribution in [0.25, 0.3) is 0 Å². The minimum Gasteiger partial charge on any atom is -0.467 e. The highest BCUT2D eigenvalue weighted by Gasteiger charge is 2.40. The van der Waals surface area contributed by atoms with Gasteiger partial charge in [0.15, 0.2) is 6.79 Å². The fourth-order valence-electron chi connectivity index (χ4n) is 2.40. The molecule has 1 fully saturated rings. The third-order valence-electron chi connectivity index (χ3n) is 3.76. The molecule has 112 valence electrons. The van der Waals surface area contributed by atoms with Crippen LogP contribution in [0, 0.1) is 22.0 Å². The van der Waals surface area contributed by atoms with E-state index >= 15 is 0 Å². The van der Waals surface area contributed by atoms with E-state index in [9.17, 15) is 14.9 Å². The Morgan fingerprint density at radius 1 is 1.52 bits per heavy atom. The highest BCUT2D eigenvalue weighted by atomic mass is 16.7. The van der Waals surface area contributed by atoms with Crippen LogP contribution in [0.2, 0.25) is 0 Å². The minimum absolute atomic E-state index is 0.0218. The van der Waals surface area contributed by atoms with Crippen LogP contribution in [0.15, 0.2) is 12.1 Å². The van der Waals surface area contributed by atoms with E-state index in [1.165, 1.54) is 12.1 Å². The Morgan fingerprint density at radius 2 is 2.29 bits per heavy atom. The van der Waals surface area contributed by atoms with Crippen molar-refractivity contribution in [1.82, 2.24) is 0 Å². The van der Waals surface area contributed by atoms with Gasteiger partial charge in [0.05, 0.1) is 17.4 Å². The lowest BCUT2D eigenvalue weighted by Gasteiger charge is -2.20. The molecule has 1 saturated carbocycles. The molecule has 0 bridgehead atoms. The van der Waals surface area contributed by atoms with E-state index in [4.69, 9.17) is 14.2 Å². The standard InChI is InChI=1S/C14H15NO6/c1-8-2-12(8)14(16)20-6-10-4-11(15(17)18)3-9-5-19-7-21-13(9)10/h3-4,8,12H,2,5-7H2,1H3/t8-,12+/m1/s1. The van der Waals surface area contributed by atoms with E-state index in [0.717, 1.165) is 6.42 Å². The molecule has 0 amide bonds. The zero-order valence-electron chi connectivity index (χ0n) is 11.5. The highest BCUT2D eigenvalue weighted by molar-refractivity contribution is 5.75. The van der Waals surface area contributed by atoms with Crippen LogP contribution in [0.3, 0.4) is 0 Å². The molecule has 1 heterocycles. The molecule has 2 atom stereocenters. The summed E-state index contributed by atoms with van der Waals surface area (Å²) in [6, 6.07) is 2.80. The minimum atomic E-state index is -0.483. The Hall–Kier alpha value is -2.15. The summed E-state index contributed by atoms with van der Waals surface area (Å²) in [4.78, 5) is 22.2. The van der Waals surface area contributed by atoms with Crippen molar-refractivity contribution in [2.45, 2.75) is 26.6 Å². The van der Waals surface area contributed by atoms with Crippen molar-refractivity contribution in [3.63, 3.8) is 0 Å². The van der Waals surface area contributed by atoms with Gasteiger partial charge >= 0.3 is 5.97 Å². The SMILES string of the molecule is C[C@@H]1C[C@@H]1C(=O)OCc1cc([N+](=O)[O-])cc2c1OCOC2. The predicted octanol–water partition coefficient (Wildman–Crippen LogP) is 2.16. The van der Waals surface area contributed by atoms with Gasteiger partial charge in [-0.1, -0.05) is 6.92 Å². The summed E-state index contributed by atoms with van der Waals surface area (Å²) in [6.07, 6.45) is 0.843. The molecule has 1 aliphatic carbocycles. The second kappa shape index (κ2) is 5.33. The average Bonchev–Trinajstić information content (AvgIpc) is 3.21. The second-order valence-electron chi connectivity index (χ2n) is 5.39. The first kappa shape index (κ1) is 13.8. The molecule has 7 nitrogen and oxygen atoms in total. The van der Waals surface area contributed by atoms with Crippen molar-refractivity contribution in [3.05, 3.63) is 33.4 Å². The summed E-state index contributed by atoms with van der Waals surface area (Å²) in [5.74, 6) is 0.586. The Balaban J connectivity index is 1.80. The van der Waals surface area contributed by atoms with Gasteiger partial charge in [-0.2, -0.15) is 0 Å². The molecule has 0 radical (unpaired) electrons. The summed E-state index contributed by atoms with van der Waals surface area (Å²) in [5, 5.41) is 11.0. The lowest BCUT2D eigenvalue weighted by molar-refractivity contribution is -0.385. The van der Waals surface area contributed by atoms with Gasteiger partial charge in [-0.25, -0.2) is 0 Å². The number of hydrogen-bond acceptors (Lipinski definition) is 6. The maximum absolute atomic E-state index is 11.8. The predicted molar refractivity (Wildman–Crippen MR) is 70.4 cm³/mol. The highest BCUT2D eigenvalue weighted by Crippen LogP contribution is 2.39. The first-order valence-corrected chi connectivity index (χ1v) is 6.73. The van der Waals surface area contributed by atoms with Crippen molar-refractivity contribution in [2.75, 3.05) is 6.79 Å². The topological polar surface area (TPSA) is 87.9 Å². The number of benzene rings is 1. The van der Waals surface area contributed by atoms with E-state index in [0.29, 0.717) is 22.8 Å². The van der Waals surface area contributed by atoms with Crippen LogP contribution in [0.1, 0.15) is 24.5 Å². The van der Waals surface area contributed by atoms with Crippen molar-refractivity contribution in [3.8, 4) is 5.75 Å². The number of ether oxygens (including phenoxy) is 3. The molecular weight excluding hydrogens is 278 g/mol. The van der Waals surface area contributed by atoms with Crippen LogP contribution in [-0.4, -0.2) is 17.7 Å². The number of esters is 1. The van der Waals surface area contributed by atoms with Crippen LogP contribution >= 0.6 is 0 Å².